The van der Waals surface area contributed by atoms with Crippen molar-refractivity contribution in [3.05, 3.63) is 29.3 Å². The van der Waals surface area contributed by atoms with Gasteiger partial charge in [0.1, 0.15) is 0 Å². The van der Waals surface area contributed by atoms with Crippen molar-refractivity contribution in [2.45, 2.75) is 64.5 Å². The zero-order valence-electron chi connectivity index (χ0n) is 12.8. The van der Waals surface area contributed by atoms with Crippen LogP contribution in [0.5, 0.6) is 0 Å². The van der Waals surface area contributed by atoms with Gasteiger partial charge in [0.25, 0.3) is 0 Å². The lowest BCUT2D eigenvalue weighted by Crippen LogP contribution is -2.33. The minimum atomic E-state index is 0.734. The molecule has 0 aromatic heterocycles. The van der Waals surface area contributed by atoms with Gasteiger partial charge in [-0.25, -0.2) is 0 Å². The second kappa shape index (κ2) is 6.62. The zero-order chi connectivity index (χ0) is 13.8. The van der Waals surface area contributed by atoms with E-state index in [2.05, 4.69) is 35.8 Å². The number of hydrogen-bond donors (Lipinski definition) is 2. The van der Waals surface area contributed by atoms with Crippen LogP contribution < -0.4 is 10.6 Å². The summed E-state index contributed by atoms with van der Waals surface area (Å²) in [5.41, 5.74) is 4.37. The second-order valence-corrected chi connectivity index (χ2v) is 6.49. The van der Waals surface area contributed by atoms with E-state index in [9.17, 15) is 0 Å². The van der Waals surface area contributed by atoms with Gasteiger partial charge in [-0.15, -0.1) is 0 Å². The third kappa shape index (κ3) is 3.17. The van der Waals surface area contributed by atoms with Crippen LogP contribution in [-0.2, 0) is 13.0 Å². The molecule has 3 rings (SSSR count). The molecule has 2 nitrogen and oxygen atoms in total. The van der Waals surface area contributed by atoms with E-state index >= 15 is 0 Å². The lowest BCUT2D eigenvalue weighted by molar-refractivity contribution is 0.285. The van der Waals surface area contributed by atoms with Gasteiger partial charge in [-0.3, -0.25) is 0 Å². The molecule has 0 spiro atoms. The van der Waals surface area contributed by atoms with Crippen molar-refractivity contribution in [3.8, 4) is 0 Å². The fraction of sp³-hybridized carbons (Fsp3) is 0.667. The summed E-state index contributed by atoms with van der Waals surface area (Å²) in [5, 5.41) is 7.39. The summed E-state index contributed by atoms with van der Waals surface area (Å²) in [6, 6.07) is 7.51. The van der Waals surface area contributed by atoms with Gasteiger partial charge in [0.05, 0.1) is 0 Å². The van der Waals surface area contributed by atoms with Crippen molar-refractivity contribution in [3.63, 3.8) is 0 Å². The highest BCUT2D eigenvalue weighted by Crippen LogP contribution is 2.28. The Morgan fingerprint density at radius 2 is 2.05 bits per heavy atom. The Balaban J connectivity index is 1.56. The molecular weight excluding hydrogens is 244 g/mol. The molecule has 1 aliphatic heterocycles. The number of para-hydroxylation sites is 1. The molecule has 0 atom stereocenters. The van der Waals surface area contributed by atoms with E-state index in [1.807, 2.05) is 0 Å². The maximum atomic E-state index is 3.79. The molecule has 1 heterocycles. The predicted octanol–water partition coefficient (Wildman–Crippen LogP) is 4.10. The van der Waals surface area contributed by atoms with Gasteiger partial charge in [-0.05, 0) is 55.6 Å². The lowest BCUT2D eigenvalue weighted by atomic mass is 9.84. The first-order valence-electron chi connectivity index (χ1n) is 8.45. The van der Waals surface area contributed by atoms with Gasteiger partial charge in [-0.1, -0.05) is 31.5 Å². The SMILES string of the molecule is CCC1CCC(NCc2cccc3c2NCCC3)CC1. The monoisotopic (exact) mass is 272 g/mol. The zero-order valence-corrected chi connectivity index (χ0v) is 12.8. The number of nitrogens with one attached hydrogen (secondary N) is 2. The molecule has 0 amide bonds. The Morgan fingerprint density at radius 1 is 1.20 bits per heavy atom. The van der Waals surface area contributed by atoms with E-state index in [-0.39, 0.29) is 0 Å². The molecular formula is C18H28N2. The maximum Gasteiger partial charge on any atom is 0.0418 e. The van der Waals surface area contributed by atoms with Gasteiger partial charge in [0, 0.05) is 24.8 Å². The molecule has 2 aliphatic rings. The second-order valence-electron chi connectivity index (χ2n) is 6.49. The first-order valence-corrected chi connectivity index (χ1v) is 8.45. The van der Waals surface area contributed by atoms with Crippen molar-refractivity contribution >= 4 is 5.69 Å². The van der Waals surface area contributed by atoms with Crippen molar-refractivity contribution in [1.82, 2.24) is 5.32 Å². The molecule has 0 unspecified atom stereocenters. The third-order valence-corrected chi connectivity index (χ3v) is 5.17. The van der Waals surface area contributed by atoms with E-state index in [1.54, 1.807) is 0 Å². The van der Waals surface area contributed by atoms with E-state index in [0.717, 1.165) is 25.0 Å². The van der Waals surface area contributed by atoms with Crippen molar-refractivity contribution in [1.29, 1.82) is 0 Å². The minimum absolute atomic E-state index is 0.734. The fourth-order valence-corrected chi connectivity index (χ4v) is 3.76. The van der Waals surface area contributed by atoms with Crippen LogP contribution in [0.3, 0.4) is 0 Å². The van der Waals surface area contributed by atoms with Gasteiger partial charge in [0.15, 0.2) is 0 Å². The highest BCUT2D eigenvalue weighted by Gasteiger charge is 2.20. The van der Waals surface area contributed by atoms with Crippen LogP contribution in [0.15, 0.2) is 18.2 Å². The number of anilines is 1. The van der Waals surface area contributed by atoms with Crippen LogP contribution in [0.25, 0.3) is 0 Å². The fourth-order valence-electron chi connectivity index (χ4n) is 3.76. The smallest absolute Gasteiger partial charge is 0.0418 e. The van der Waals surface area contributed by atoms with Crippen LogP contribution in [-0.4, -0.2) is 12.6 Å². The van der Waals surface area contributed by atoms with E-state index in [1.165, 1.54) is 61.8 Å². The Hall–Kier alpha value is -1.02. The molecule has 0 radical (unpaired) electrons. The molecule has 1 aromatic rings. The number of aryl methyl sites for hydroxylation is 1. The summed E-state index contributed by atoms with van der Waals surface area (Å²) in [6.07, 6.45) is 9.42. The Bertz CT molecular complexity index is 433. The van der Waals surface area contributed by atoms with Crippen LogP contribution in [0.1, 0.15) is 56.6 Å². The normalized spacial score (nSPS) is 25.9. The summed E-state index contributed by atoms with van der Waals surface area (Å²) < 4.78 is 0. The van der Waals surface area contributed by atoms with Crippen LogP contribution in [0.2, 0.25) is 0 Å². The van der Waals surface area contributed by atoms with Gasteiger partial charge in [0.2, 0.25) is 0 Å². The highest BCUT2D eigenvalue weighted by molar-refractivity contribution is 5.59. The summed E-state index contributed by atoms with van der Waals surface area (Å²) in [5.74, 6) is 0.985. The number of hydrogen-bond acceptors (Lipinski definition) is 2. The molecule has 2 N–H and O–H groups in total. The van der Waals surface area contributed by atoms with Crippen molar-refractivity contribution in [2.24, 2.45) is 5.92 Å². The highest BCUT2D eigenvalue weighted by atomic mass is 14.9. The number of benzene rings is 1. The van der Waals surface area contributed by atoms with Crippen molar-refractivity contribution < 1.29 is 0 Å². The molecule has 2 heteroatoms. The number of rotatable bonds is 4. The van der Waals surface area contributed by atoms with E-state index in [0.29, 0.717) is 0 Å². The van der Waals surface area contributed by atoms with E-state index in [4.69, 9.17) is 0 Å². The molecule has 0 saturated heterocycles. The first-order chi connectivity index (χ1) is 9.86. The molecule has 20 heavy (non-hydrogen) atoms. The summed E-state index contributed by atoms with van der Waals surface area (Å²) in [6.45, 7) is 4.49. The Labute approximate surface area is 123 Å². The predicted molar refractivity (Wildman–Crippen MR) is 86.1 cm³/mol. The third-order valence-electron chi connectivity index (χ3n) is 5.17. The summed E-state index contributed by atoms with van der Waals surface area (Å²) >= 11 is 0. The van der Waals surface area contributed by atoms with Crippen LogP contribution in [0.4, 0.5) is 5.69 Å². The average molecular weight is 272 g/mol. The topological polar surface area (TPSA) is 24.1 Å². The van der Waals surface area contributed by atoms with Gasteiger partial charge >= 0.3 is 0 Å². The van der Waals surface area contributed by atoms with Crippen LogP contribution >= 0.6 is 0 Å². The molecule has 110 valence electrons. The molecule has 1 fully saturated rings. The molecule has 1 saturated carbocycles. The Morgan fingerprint density at radius 3 is 2.85 bits per heavy atom. The number of fused-ring (bicyclic) bond motifs is 1. The maximum absolute atomic E-state index is 3.79. The molecule has 0 bridgehead atoms. The quantitative estimate of drug-likeness (QED) is 0.862. The van der Waals surface area contributed by atoms with E-state index < -0.39 is 0 Å². The summed E-state index contributed by atoms with van der Waals surface area (Å²) in [7, 11) is 0. The lowest BCUT2D eigenvalue weighted by Gasteiger charge is -2.29. The molecule has 1 aromatic carbocycles. The molecule has 1 aliphatic carbocycles. The van der Waals surface area contributed by atoms with Gasteiger partial charge < -0.3 is 10.6 Å². The van der Waals surface area contributed by atoms with Crippen LogP contribution in [0, 0.1) is 5.92 Å². The van der Waals surface area contributed by atoms with Crippen molar-refractivity contribution in [2.75, 3.05) is 11.9 Å². The van der Waals surface area contributed by atoms with Gasteiger partial charge in [-0.2, -0.15) is 0 Å². The summed E-state index contributed by atoms with van der Waals surface area (Å²) in [4.78, 5) is 0. The average Bonchev–Trinajstić information content (AvgIpc) is 2.53. The minimum Gasteiger partial charge on any atom is -0.385 e. The first kappa shape index (κ1) is 13.9. The standard InChI is InChI=1S/C18H28N2/c1-2-14-8-10-17(11-9-14)20-13-16-6-3-5-15-7-4-12-19-18(15)16/h3,5-6,14,17,19-20H,2,4,7-13H2,1H3. The Kier molecular flexibility index (Phi) is 4.62. The largest absolute Gasteiger partial charge is 0.385 e.